The monoisotopic (exact) mass is 578 g/mol. The Kier molecular flexibility index (Phi) is 9.97. The molecule has 2 aromatic carbocycles. The molecular formula is C32H42N4O6. The number of carbonyl (C=O) groups excluding carboxylic acids is 2. The number of nitrogens with zero attached hydrogens (tertiary/aromatic N) is 4. The van der Waals surface area contributed by atoms with Crippen molar-refractivity contribution in [2.75, 3.05) is 67.3 Å². The molecule has 5 rings (SSSR count). The van der Waals surface area contributed by atoms with E-state index in [0.717, 1.165) is 61.4 Å². The molecule has 2 aliphatic heterocycles. The molecule has 2 aromatic rings. The maximum Gasteiger partial charge on any atom is 0.262 e. The third-order valence-electron chi connectivity index (χ3n) is 8.51. The van der Waals surface area contributed by atoms with Gasteiger partial charge in [-0.2, -0.15) is 5.10 Å². The van der Waals surface area contributed by atoms with E-state index in [1.165, 1.54) is 0 Å². The van der Waals surface area contributed by atoms with Crippen LogP contribution in [0.4, 0.5) is 0 Å². The van der Waals surface area contributed by atoms with Gasteiger partial charge in [0, 0.05) is 38.5 Å². The maximum absolute atomic E-state index is 14.1. The number of carbonyl (C=O) groups is 2. The molecule has 1 saturated heterocycles. The molecule has 10 heteroatoms. The predicted octanol–water partition coefficient (Wildman–Crippen LogP) is 3.74. The summed E-state index contributed by atoms with van der Waals surface area (Å²) in [4.78, 5) is 31.8. The predicted molar refractivity (Wildman–Crippen MR) is 159 cm³/mol. The van der Waals surface area contributed by atoms with E-state index in [-0.39, 0.29) is 30.3 Å². The summed E-state index contributed by atoms with van der Waals surface area (Å²) in [6.45, 7) is 4.27. The SMILES string of the molecule is COc1ccc(C2=NN(C(=O)CN(CCN3CCOCC3)C(=O)C3CCCC3)[C@H](c3ccc(OC)c(OC)c3)C2)cc1. The van der Waals surface area contributed by atoms with Gasteiger partial charge >= 0.3 is 0 Å². The molecule has 2 heterocycles. The number of hydrogen-bond acceptors (Lipinski definition) is 8. The second kappa shape index (κ2) is 14.0. The number of ether oxygens (including phenoxy) is 4. The first-order valence-electron chi connectivity index (χ1n) is 14.9. The van der Waals surface area contributed by atoms with Gasteiger partial charge in [-0.1, -0.05) is 18.9 Å². The van der Waals surface area contributed by atoms with Crippen LogP contribution in [0.3, 0.4) is 0 Å². The number of amides is 2. The van der Waals surface area contributed by atoms with E-state index in [0.29, 0.717) is 44.2 Å². The molecule has 0 bridgehead atoms. The average molecular weight is 579 g/mol. The Bertz CT molecular complexity index is 1250. The van der Waals surface area contributed by atoms with Crippen LogP contribution in [0.25, 0.3) is 0 Å². The van der Waals surface area contributed by atoms with Gasteiger partial charge < -0.3 is 23.8 Å². The Morgan fingerprint density at radius 2 is 1.67 bits per heavy atom. The molecular weight excluding hydrogens is 536 g/mol. The lowest BCUT2D eigenvalue weighted by Crippen LogP contribution is -2.47. The molecule has 0 unspecified atom stereocenters. The van der Waals surface area contributed by atoms with Crippen molar-refractivity contribution < 1.29 is 28.5 Å². The van der Waals surface area contributed by atoms with Crippen LogP contribution in [0.1, 0.15) is 49.3 Å². The first-order chi connectivity index (χ1) is 20.5. The maximum atomic E-state index is 14.1. The van der Waals surface area contributed by atoms with Gasteiger partial charge in [0.15, 0.2) is 11.5 Å². The standard InChI is InChI=1S/C32H42N4O6/c1-39-26-11-8-23(9-12-26)27-21-28(25-10-13-29(40-2)30(20-25)41-3)36(33-27)31(37)22-35(32(38)24-6-4-5-7-24)15-14-34-16-18-42-19-17-34/h8-13,20,24,28H,4-7,14-19,21-22H2,1-3H3/t28-/m0/s1. The van der Waals surface area contributed by atoms with Crippen molar-refractivity contribution in [2.45, 2.75) is 38.1 Å². The molecule has 0 aromatic heterocycles. The summed E-state index contributed by atoms with van der Waals surface area (Å²) >= 11 is 0. The van der Waals surface area contributed by atoms with E-state index in [4.69, 9.17) is 24.0 Å². The summed E-state index contributed by atoms with van der Waals surface area (Å²) < 4.78 is 21.8. The van der Waals surface area contributed by atoms with Crippen molar-refractivity contribution in [3.63, 3.8) is 0 Å². The van der Waals surface area contributed by atoms with Gasteiger partial charge in [0.2, 0.25) is 5.91 Å². The molecule has 1 aliphatic carbocycles. The Morgan fingerprint density at radius 1 is 0.952 bits per heavy atom. The third kappa shape index (κ3) is 6.87. The minimum atomic E-state index is -0.350. The third-order valence-corrected chi connectivity index (χ3v) is 8.51. The Balaban J connectivity index is 1.41. The van der Waals surface area contributed by atoms with E-state index in [1.54, 1.807) is 31.2 Å². The Morgan fingerprint density at radius 3 is 2.33 bits per heavy atom. The first-order valence-corrected chi connectivity index (χ1v) is 14.9. The average Bonchev–Trinajstić information content (AvgIpc) is 3.74. The minimum absolute atomic E-state index is 0.0111. The van der Waals surface area contributed by atoms with Gasteiger partial charge in [0.1, 0.15) is 12.3 Å². The highest BCUT2D eigenvalue weighted by atomic mass is 16.5. The van der Waals surface area contributed by atoms with Gasteiger partial charge in [-0.15, -0.1) is 0 Å². The highest BCUT2D eigenvalue weighted by Crippen LogP contribution is 2.38. The fourth-order valence-electron chi connectivity index (χ4n) is 6.04. The molecule has 0 spiro atoms. The van der Waals surface area contributed by atoms with E-state index in [9.17, 15) is 9.59 Å². The van der Waals surface area contributed by atoms with Gasteiger partial charge in [-0.25, -0.2) is 5.01 Å². The van der Waals surface area contributed by atoms with E-state index in [2.05, 4.69) is 4.90 Å². The lowest BCUT2D eigenvalue weighted by molar-refractivity contribution is -0.144. The summed E-state index contributed by atoms with van der Waals surface area (Å²) in [5.41, 5.74) is 2.60. The number of benzene rings is 2. The summed E-state index contributed by atoms with van der Waals surface area (Å²) in [6, 6.07) is 13.0. The summed E-state index contributed by atoms with van der Waals surface area (Å²) in [7, 11) is 4.83. The zero-order valence-electron chi connectivity index (χ0n) is 24.9. The highest BCUT2D eigenvalue weighted by Gasteiger charge is 2.36. The lowest BCUT2D eigenvalue weighted by atomic mass is 9.98. The van der Waals surface area contributed by atoms with Crippen molar-refractivity contribution in [1.29, 1.82) is 0 Å². The second-order valence-corrected chi connectivity index (χ2v) is 11.0. The van der Waals surface area contributed by atoms with Crippen LogP contribution in [-0.4, -0.2) is 99.6 Å². The highest BCUT2D eigenvalue weighted by molar-refractivity contribution is 6.03. The summed E-state index contributed by atoms with van der Waals surface area (Å²) in [5, 5.41) is 6.41. The van der Waals surface area contributed by atoms with Crippen molar-refractivity contribution in [3.05, 3.63) is 53.6 Å². The smallest absolute Gasteiger partial charge is 0.262 e. The largest absolute Gasteiger partial charge is 0.497 e. The molecule has 1 atom stereocenters. The zero-order valence-corrected chi connectivity index (χ0v) is 24.9. The topological polar surface area (TPSA) is 93.1 Å². The lowest BCUT2D eigenvalue weighted by Gasteiger charge is -2.32. The van der Waals surface area contributed by atoms with Crippen LogP contribution in [0.2, 0.25) is 0 Å². The van der Waals surface area contributed by atoms with Crippen molar-refractivity contribution in [2.24, 2.45) is 11.0 Å². The Labute approximate surface area is 248 Å². The molecule has 226 valence electrons. The van der Waals surface area contributed by atoms with Crippen molar-refractivity contribution in [1.82, 2.24) is 14.8 Å². The summed E-state index contributed by atoms with van der Waals surface area (Å²) in [5.74, 6) is 1.82. The number of methoxy groups -OCH3 is 3. The normalized spacial score (nSPS) is 19.5. The van der Waals surface area contributed by atoms with Crippen LogP contribution in [-0.2, 0) is 14.3 Å². The first kappa shape index (κ1) is 29.8. The Hall–Kier alpha value is -3.63. The van der Waals surface area contributed by atoms with Crippen molar-refractivity contribution in [3.8, 4) is 17.2 Å². The number of hydrazone groups is 1. The number of morpholine rings is 1. The van der Waals surface area contributed by atoms with Gasteiger partial charge in [-0.05, 0) is 60.4 Å². The van der Waals surface area contributed by atoms with Gasteiger partial charge in [0.05, 0.1) is 46.3 Å². The number of hydrogen-bond donors (Lipinski definition) is 0. The molecule has 2 amide bonds. The minimum Gasteiger partial charge on any atom is -0.497 e. The van der Waals surface area contributed by atoms with E-state index < -0.39 is 0 Å². The molecule has 42 heavy (non-hydrogen) atoms. The van der Waals surface area contributed by atoms with Crippen LogP contribution in [0.5, 0.6) is 17.2 Å². The molecule has 2 fully saturated rings. The van der Waals surface area contributed by atoms with Crippen LogP contribution in [0.15, 0.2) is 47.6 Å². The van der Waals surface area contributed by atoms with Crippen molar-refractivity contribution >= 4 is 17.5 Å². The number of rotatable bonds is 11. The van der Waals surface area contributed by atoms with E-state index >= 15 is 0 Å². The molecule has 0 radical (unpaired) electrons. The zero-order chi connectivity index (χ0) is 29.5. The van der Waals surface area contributed by atoms with Crippen LogP contribution < -0.4 is 14.2 Å². The van der Waals surface area contributed by atoms with Crippen LogP contribution >= 0.6 is 0 Å². The second-order valence-electron chi connectivity index (χ2n) is 11.0. The summed E-state index contributed by atoms with van der Waals surface area (Å²) in [6.07, 6.45) is 4.42. The molecule has 1 saturated carbocycles. The van der Waals surface area contributed by atoms with E-state index in [1.807, 2.05) is 42.5 Å². The van der Waals surface area contributed by atoms with Gasteiger partial charge in [0.25, 0.3) is 5.91 Å². The quantitative estimate of drug-likeness (QED) is 0.401. The fraction of sp³-hybridized carbons (Fsp3) is 0.531. The molecule has 3 aliphatic rings. The van der Waals surface area contributed by atoms with Gasteiger partial charge in [-0.3, -0.25) is 14.5 Å². The fourth-order valence-corrected chi connectivity index (χ4v) is 6.04. The van der Waals surface area contributed by atoms with Crippen LogP contribution in [0, 0.1) is 5.92 Å². The molecule has 10 nitrogen and oxygen atoms in total. The molecule has 0 N–H and O–H groups in total.